The molecule has 1 aliphatic carbocycles. The van der Waals surface area contributed by atoms with E-state index in [1.54, 1.807) is 23.8 Å². The van der Waals surface area contributed by atoms with Gasteiger partial charge in [0.2, 0.25) is 0 Å². The molecule has 0 unspecified atom stereocenters. The molecule has 3 heterocycles. The second kappa shape index (κ2) is 8.71. The topological polar surface area (TPSA) is 72.5 Å². The monoisotopic (exact) mass is 436 g/mol. The number of hydrogen-bond acceptors (Lipinski definition) is 5. The molecule has 1 aliphatic heterocycles. The predicted octanol–water partition coefficient (Wildman–Crippen LogP) is 3.47. The third-order valence-electron chi connectivity index (χ3n) is 7.18. The van der Waals surface area contributed by atoms with Crippen molar-refractivity contribution in [3.8, 4) is 0 Å². The maximum Gasteiger partial charge on any atom is 0.250 e. The molecule has 7 heteroatoms. The number of methoxy groups -OCH3 is 1. The van der Waals surface area contributed by atoms with Crippen LogP contribution in [0.2, 0.25) is 0 Å². The molecule has 1 N–H and O–H groups in total. The van der Waals surface area contributed by atoms with Crippen LogP contribution in [0.1, 0.15) is 56.5 Å². The minimum absolute atomic E-state index is 0.0210. The molecule has 7 nitrogen and oxygen atoms in total. The molecular weight excluding hydrogens is 404 g/mol. The van der Waals surface area contributed by atoms with Crippen molar-refractivity contribution < 1.29 is 9.84 Å². The van der Waals surface area contributed by atoms with Crippen molar-refractivity contribution in [3.05, 3.63) is 58.3 Å². The first-order valence-electron chi connectivity index (χ1n) is 11.7. The number of nitrogens with zero attached hydrogens (tertiary/aromatic N) is 4. The predicted molar refractivity (Wildman–Crippen MR) is 125 cm³/mol. The smallest absolute Gasteiger partial charge is 0.250 e. The lowest BCUT2D eigenvalue weighted by Gasteiger charge is -2.36. The average molecular weight is 437 g/mol. The van der Waals surface area contributed by atoms with Gasteiger partial charge in [0.1, 0.15) is 12.6 Å². The van der Waals surface area contributed by atoms with Gasteiger partial charge < -0.3 is 23.9 Å². The Labute approximate surface area is 188 Å². The van der Waals surface area contributed by atoms with Crippen LogP contribution in [-0.2, 0) is 17.7 Å². The highest BCUT2D eigenvalue weighted by molar-refractivity contribution is 5.86. The number of fused-ring (bicyclic) bond motifs is 3. The molecule has 2 aromatic heterocycles. The summed E-state index contributed by atoms with van der Waals surface area (Å²) in [6.07, 6.45) is 7.12. The summed E-state index contributed by atoms with van der Waals surface area (Å²) in [5.74, 6) is 0.917. The lowest BCUT2D eigenvalue weighted by atomic mass is 9.92. The third-order valence-corrected chi connectivity index (χ3v) is 7.18. The van der Waals surface area contributed by atoms with Crippen LogP contribution in [0.4, 0.5) is 5.69 Å². The Morgan fingerprint density at radius 3 is 2.69 bits per heavy atom. The number of anilines is 1. The van der Waals surface area contributed by atoms with Crippen molar-refractivity contribution >= 4 is 16.7 Å². The van der Waals surface area contributed by atoms with Gasteiger partial charge in [-0.25, -0.2) is 4.98 Å². The van der Waals surface area contributed by atoms with Crippen LogP contribution in [0, 0.1) is 0 Å². The minimum atomic E-state index is -0.210. The molecule has 3 aromatic rings. The number of rotatable bonds is 5. The first kappa shape index (κ1) is 21.2. The van der Waals surface area contributed by atoms with Crippen molar-refractivity contribution in [2.24, 2.45) is 0 Å². The lowest BCUT2D eigenvalue weighted by Crippen LogP contribution is -2.38. The van der Waals surface area contributed by atoms with Crippen LogP contribution in [0.3, 0.4) is 0 Å². The van der Waals surface area contributed by atoms with E-state index in [1.807, 2.05) is 12.3 Å². The fourth-order valence-electron chi connectivity index (χ4n) is 5.43. The summed E-state index contributed by atoms with van der Waals surface area (Å²) < 4.78 is 9.56. The highest BCUT2D eigenvalue weighted by Gasteiger charge is 2.29. The summed E-state index contributed by atoms with van der Waals surface area (Å²) in [7, 11) is 1.74. The fraction of sp³-hybridized carbons (Fsp3) is 0.520. The first-order chi connectivity index (χ1) is 15.6. The molecule has 1 fully saturated rings. The second-order valence-corrected chi connectivity index (χ2v) is 9.23. The number of aromatic nitrogens is 3. The number of ether oxygens (including phenoxy) is 1. The molecule has 2 aliphatic rings. The van der Waals surface area contributed by atoms with E-state index in [0.29, 0.717) is 19.3 Å². The van der Waals surface area contributed by atoms with Crippen LogP contribution < -0.4 is 10.5 Å². The number of aliphatic hydroxyl groups excluding tert-OH is 1. The van der Waals surface area contributed by atoms with E-state index >= 15 is 0 Å². The lowest BCUT2D eigenvalue weighted by molar-refractivity contribution is 0.111. The molecule has 32 heavy (non-hydrogen) atoms. The standard InChI is InChI=1S/C25H32N4O3/c1-17-6-11-20-21(28(17)16-32-2)12-13-22-25(20)26-23(15-27-14-4-3-5-24(27)31)29(22)18-7-9-19(30)10-8-18/h3-5,12-14,17-19,30H,6-11,15-16H2,1-2H3/t17-,18?,19?/m0/s1. The molecule has 170 valence electrons. The van der Waals surface area contributed by atoms with Gasteiger partial charge in [0.05, 0.1) is 23.7 Å². The molecule has 0 amide bonds. The molecule has 0 bridgehead atoms. The second-order valence-electron chi connectivity index (χ2n) is 9.23. The van der Waals surface area contributed by atoms with E-state index in [1.165, 1.54) is 11.3 Å². The van der Waals surface area contributed by atoms with Crippen molar-refractivity contribution in [1.29, 1.82) is 0 Å². The number of hydrogen-bond donors (Lipinski definition) is 1. The van der Waals surface area contributed by atoms with Gasteiger partial charge in [-0.15, -0.1) is 0 Å². The normalized spacial score (nSPS) is 23.5. The maximum atomic E-state index is 12.4. The largest absolute Gasteiger partial charge is 0.393 e. The van der Waals surface area contributed by atoms with Crippen LogP contribution in [-0.4, -0.2) is 45.2 Å². The molecule has 1 saturated carbocycles. The van der Waals surface area contributed by atoms with Crippen LogP contribution in [0.5, 0.6) is 0 Å². The highest BCUT2D eigenvalue weighted by atomic mass is 16.5. The van der Waals surface area contributed by atoms with Gasteiger partial charge in [-0.1, -0.05) is 6.07 Å². The molecular formula is C25H32N4O3. The summed E-state index contributed by atoms with van der Waals surface area (Å²) >= 11 is 0. The van der Waals surface area contributed by atoms with Crippen LogP contribution in [0.25, 0.3) is 11.0 Å². The van der Waals surface area contributed by atoms with Crippen molar-refractivity contribution in [3.63, 3.8) is 0 Å². The zero-order valence-corrected chi connectivity index (χ0v) is 18.9. The van der Waals surface area contributed by atoms with Gasteiger partial charge in [0, 0.05) is 42.7 Å². The number of benzene rings is 1. The zero-order valence-electron chi connectivity index (χ0n) is 18.9. The Kier molecular flexibility index (Phi) is 5.78. The van der Waals surface area contributed by atoms with Crippen molar-refractivity contribution in [1.82, 2.24) is 14.1 Å². The number of pyridine rings is 1. The third kappa shape index (κ3) is 3.73. The SMILES string of the molecule is COCN1c2ccc3c(nc(Cn4ccccc4=O)n3C3CCC(O)CC3)c2CC[C@@H]1C. The van der Waals surface area contributed by atoms with E-state index in [9.17, 15) is 9.90 Å². The van der Waals surface area contributed by atoms with E-state index in [4.69, 9.17) is 9.72 Å². The summed E-state index contributed by atoms with van der Waals surface area (Å²) in [6.45, 7) is 3.25. The van der Waals surface area contributed by atoms with Gasteiger partial charge >= 0.3 is 0 Å². The summed E-state index contributed by atoms with van der Waals surface area (Å²) in [4.78, 5) is 19.9. The molecule has 0 saturated heterocycles. The van der Waals surface area contributed by atoms with Gasteiger partial charge in [0.25, 0.3) is 5.56 Å². The Hall–Kier alpha value is -2.64. The van der Waals surface area contributed by atoms with Gasteiger partial charge in [-0.3, -0.25) is 4.79 Å². The number of aliphatic hydroxyl groups is 1. The number of aryl methyl sites for hydroxylation is 1. The van der Waals surface area contributed by atoms with Gasteiger partial charge in [0.15, 0.2) is 0 Å². The van der Waals surface area contributed by atoms with E-state index in [2.05, 4.69) is 28.5 Å². The molecule has 1 atom stereocenters. The highest BCUT2D eigenvalue weighted by Crippen LogP contribution is 2.39. The van der Waals surface area contributed by atoms with Gasteiger partial charge in [-0.2, -0.15) is 0 Å². The Morgan fingerprint density at radius 1 is 1.12 bits per heavy atom. The first-order valence-corrected chi connectivity index (χ1v) is 11.7. The van der Waals surface area contributed by atoms with Crippen molar-refractivity contribution in [2.45, 2.75) is 70.2 Å². The Balaban J connectivity index is 1.65. The van der Waals surface area contributed by atoms with E-state index in [0.717, 1.165) is 55.4 Å². The van der Waals surface area contributed by atoms with Crippen molar-refractivity contribution in [2.75, 3.05) is 18.7 Å². The zero-order chi connectivity index (χ0) is 22.2. The van der Waals surface area contributed by atoms with E-state index in [-0.39, 0.29) is 17.7 Å². The molecule has 5 rings (SSSR count). The van der Waals surface area contributed by atoms with Crippen LogP contribution in [0.15, 0.2) is 41.3 Å². The average Bonchev–Trinajstić information content (AvgIpc) is 3.16. The van der Waals surface area contributed by atoms with E-state index < -0.39 is 0 Å². The Bertz CT molecular complexity index is 1160. The minimum Gasteiger partial charge on any atom is -0.393 e. The maximum absolute atomic E-state index is 12.4. The van der Waals surface area contributed by atoms with Crippen LogP contribution >= 0.6 is 0 Å². The molecule has 0 radical (unpaired) electrons. The molecule has 1 aromatic carbocycles. The Morgan fingerprint density at radius 2 is 1.94 bits per heavy atom. The quantitative estimate of drug-likeness (QED) is 0.663. The summed E-state index contributed by atoms with van der Waals surface area (Å²) in [5.41, 5.74) is 4.63. The fourth-order valence-corrected chi connectivity index (χ4v) is 5.43. The molecule has 0 spiro atoms. The number of imidazole rings is 1. The summed E-state index contributed by atoms with van der Waals surface area (Å²) in [6, 6.07) is 10.3. The summed E-state index contributed by atoms with van der Waals surface area (Å²) in [5, 5.41) is 10.1. The van der Waals surface area contributed by atoms with Gasteiger partial charge in [-0.05, 0) is 63.6 Å².